The molecule has 1 amide bonds. The molecule has 0 spiro atoms. The van der Waals surface area contributed by atoms with Crippen molar-refractivity contribution in [2.24, 2.45) is 0 Å². The van der Waals surface area contributed by atoms with Gasteiger partial charge in [0.15, 0.2) is 0 Å². The first kappa shape index (κ1) is 19.5. The monoisotopic (exact) mass is 322 g/mol. The average molecular weight is 322 g/mol. The number of aryl methyl sites for hydroxylation is 1. The van der Waals surface area contributed by atoms with Gasteiger partial charge in [-0.15, -0.1) is 0 Å². The van der Waals surface area contributed by atoms with Crippen LogP contribution in [0.5, 0.6) is 5.75 Å². The summed E-state index contributed by atoms with van der Waals surface area (Å²) in [6.07, 6.45) is 1.24. The van der Waals surface area contributed by atoms with Gasteiger partial charge in [0.1, 0.15) is 18.5 Å². The van der Waals surface area contributed by atoms with E-state index in [4.69, 9.17) is 4.74 Å². The number of carbonyl (C=O) groups excluding carboxylic acids is 1. The van der Waals surface area contributed by atoms with E-state index in [0.717, 1.165) is 24.2 Å². The molecule has 5 nitrogen and oxygen atoms in total. The van der Waals surface area contributed by atoms with Crippen LogP contribution >= 0.6 is 0 Å². The summed E-state index contributed by atoms with van der Waals surface area (Å²) in [4.78, 5) is 11.9. The van der Waals surface area contributed by atoms with E-state index in [-0.39, 0.29) is 12.5 Å². The average Bonchev–Trinajstić information content (AvgIpc) is 2.52. The molecule has 130 valence electrons. The zero-order valence-electron chi connectivity index (χ0n) is 14.7. The third-order valence-electron chi connectivity index (χ3n) is 3.37. The highest BCUT2D eigenvalue weighted by Gasteiger charge is 2.12. The Morgan fingerprint density at radius 1 is 1.30 bits per heavy atom. The summed E-state index contributed by atoms with van der Waals surface area (Å²) < 4.78 is 5.76. The van der Waals surface area contributed by atoms with Gasteiger partial charge in [-0.2, -0.15) is 0 Å². The fourth-order valence-corrected chi connectivity index (χ4v) is 2.21. The fraction of sp³-hybridized carbons (Fsp3) is 0.611. The first-order valence-corrected chi connectivity index (χ1v) is 8.43. The fourth-order valence-electron chi connectivity index (χ4n) is 2.21. The van der Waals surface area contributed by atoms with Crippen LogP contribution in [0.15, 0.2) is 18.2 Å². The Morgan fingerprint density at radius 3 is 2.65 bits per heavy atom. The van der Waals surface area contributed by atoms with Gasteiger partial charge in [-0.05, 0) is 37.1 Å². The Hall–Kier alpha value is -1.59. The van der Waals surface area contributed by atoms with Gasteiger partial charge in [-0.3, -0.25) is 4.79 Å². The Bertz CT molecular complexity index is 489. The standard InChI is InChI=1S/C18H30N2O3/c1-5-7-14-10-15(18(22)19-6-2)8-9-17(14)23-12-16(21)11-20-13(3)4/h8-10,13,16,20-21H,5-7,11-12H2,1-4H3,(H,19,22). The first-order chi connectivity index (χ1) is 11.0. The van der Waals surface area contributed by atoms with Crippen LogP contribution in [0.3, 0.4) is 0 Å². The maximum Gasteiger partial charge on any atom is 0.251 e. The van der Waals surface area contributed by atoms with Gasteiger partial charge >= 0.3 is 0 Å². The van der Waals surface area contributed by atoms with Crippen LogP contribution < -0.4 is 15.4 Å². The van der Waals surface area contributed by atoms with Gasteiger partial charge in [-0.1, -0.05) is 27.2 Å². The Balaban J connectivity index is 2.71. The molecule has 0 saturated heterocycles. The van der Waals surface area contributed by atoms with Crippen molar-refractivity contribution in [1.82, 2.24) is 10.6 Å². The minimum absolute atomic E-state index is 0.0717. The second kappa shape index (κ2) is 10.2. The van der Waals surface area contributed by atoms with Crippen LogP contribution in [0.2, 0.25) is 0 Å². The van der Waals surface area contributed by atoms with Crippen molar-refractivity contribution in [3.63, 3.8) is 0 Å². The molecule has 0 radical (unpaired) electrons. The molecule has 0 heterocycles. The molecule has 0 aliphatic rings. The topological polar surface area (TPSA) is 70.6 Å². The number of aliphatic hydroxyl groups is 1. The van der Waals surface area contributed by atoms with E-state index in [1.165, 1.54) is 0 Å². The van der Waals surface area contributed by atoms with E-state index < -0.39 is 6.10 Å². The molecule has 0 aliphatic carbocycles. The number of aliphatic hydroxyl groups excluding tert-OH is 1. The molecule has 1 unspecified atom stereocenters. The van der Waals surface area contributed by atoms with E-state index in [9.17, 15) is 9.90 Å². The van der Waals surface area contributed by atoms with Crippen molar-refractivity contribution in [2.75, 3.05) is 19.7 Å². The van der Waals surface area contributed by atoms with Crippen molar-refractivity contribution in [1.29, 1.82) is 0 Å². The van der Waals surface area contributed by atoms with Crippen molar-refractivity contribution >= 4 is 5.91 Å². The molecule has 0 saturated carbocycles. The molecule has 0 bridgehead atoms. The summed E-state index contributed by atoms with van der Waals surface area (Å²) in [5.74, 6) is 0.668. The number of ether oxygens (including phenoxy) is 1. The molecule has 0 aliphatic heterocycles. The van der Waals surface area contributed by atoms with Gasteiger partial charge in [0.05, 0.1) is 0 Å². The molecule has 23 heavy (non-hydrogen) atoms. The number of nitrogens with one attached hydrogen (secondary N) is 2. The van der Waals surface area contributed by atoms with Gasteiger partial charge in [0.2, 0.25) is 0 Å². The predicted molar refractivity (Wildman–Crippen MR) is 93.1 cm³/mol. The van der Waals surface area contributed by atoms with E-state index in [2.05, 4.69) is 17.6 Å². The van der Waals surface area contributed by atoms with Gasteiger partial charge in [0, 0.05) is 24.7 Å². The van der Waals surface area contributed by atoms with Crippen LogP contribution in [0.25, 0.3) is 0 Å². The van der Waals surface area contributed by atoms with Crippen LogP contribution in [0.4, 0.5) is 0 Å². The lowest BCUT2D eigenvalue weighted by molar-refractivity contribution is 0.0954. The van der Waals surface area contributed by atoms with Gasteiger partial charge < -0.3 is 20.5 Å². The maximum atomic E-state index is 11.9. The third-order valence-corrected chi connectivity index (χ3v) is 3.37. The Morgan fingerprint density at radius 2 is 2.04 bits per heavy atom. The van der Waals surface area contributed by atoms with Crippen LogP contribution in [0.1, 0.15) is 50.0 Å². The van der Waals surface area contributed by atoms with Gasteiger partial charge in [0.25, 0.3) is 5.91 Å². The smallest absolute Gasteiger partial charge is 0.251 e. The molecular formula is C18H30N2O3. The SMILES string of the molecule is CCCc1cc(C(=O)NCC)ccc1OCC(O)CNC(C)C. The second-order valence-electron chi connectivity index (χ2n) is 5.96. The van der Waals surface area contributed by atoms with Crippen LogP contribution in [-0.4, -0.2) is 42.9 Å². The summed E-state index contributed by atoms with van der Waals surface area (Å²) in [7, 11) is 0. The number of hydrogen-bond donors (Lipinski definition) is 3. The lowest BCUT2D eigenvalue weighted by atomic mass is 10.0. The molecule has 5 heteroatoms. The maximum absolute atomic E-state index is 11.9. The van der Waals surface area contributed by atoms with Crippen molar-refractivity contribution in [2.45, 2.75) is 52.7 Å². The third kappa shape index (κ3) is 7.01. The normalized spacial score (nSPS) is 12.3. The molecule has 3 N–H and O–H groups in total. The quantitative estimate of drug-likeness (QED) is 0.617. The zero-order chi connectivity index (χ0) is 17.2. The number of rotatable bonds is 10. The predicted octanol–water partition coefficient (Wildman–Crippen LogP) is 2.13. The number of carbonyl (C=O) groups is 1. The summed E-state index contributed by atoms with van der Waals surface area (Å²) >= 11 is 0. The van der Waals surface area contributed by atoms with Crippen LogP contribution in [0, 0.1) is 0 Å². The van der Waals surface area contributed by atoms with Crippen molar-refractivity contribution in [3.8, 4) is 5.75 Å². The Labute approximate surface area is 139 Å². The van der Waals surface area contributed by atoms with E-state index in [0.29, 0.717) is 24.7 Å². The highest BCUT2D eigenvalue weighted by molar-refractivity contribution is 5.94. The number of benzene rings is 1. The second-order valence-corrected chi connectivity index (χ2v) is 5.96. The molecule has 1 rings (SSSR count). The summed E-state index contributed by atoms with van der Waals surface area (Å²) in [6, 6.07) is 5.79. The minimum Gasteiger partial charge on any atom is -0.491 e. The highest BCUT2D eigenvalue weighted by atomic mass is 16.5. The minimum atomic E-state index is -0.560. The molecule has 1 atom stereocenters. The molecular weight excluding hydrogens is 292 g/mol. The van der Waals surface area contributed by atoms with Crippen molar-refractivity contribution < 1.29 is 14.6 Å². The Kier molecular flexibility index (Phi) is 8.66. The van der Waals surface area contributed by atoms with E-state index in [1.54, 1.807) is 6.07 Å². The summed E-state index contributed by atoms with van der Waals surface area (Å²) in [6.45, 7) is 9.39. The van der Waals surface area contributed by atoms with E-state index in [1.807, 2.05) is 32.9 Å². The molecule has 0 aromatic heterocycles. The summed E-state index contributed by atoms with van der Waals surface area (Å²) in [5.41, 5.74) is 1.64. The first-order valence-electron chi connectivity index (χ1n) is 8.43. The number of amides is 1. The van der Waals surface area contributed by atoms with Crippen LogP contribution in [-0.2, 0) is 6.42 Å². The largest absolute Gasteiger partial charge is 0.491 e. The molecule has 1 aromatic rings. The number of hydrogen-bond acceptors (Lipinski definition) is 4. The molecule has 1 aromatic carbocycles. The summed E-state index contributed by atoms with van der Waals surface area (Å²) in [5, 5.41) is 15.9. The lowest BCUT2D eigenvalue weighted by Gasteiger charge is -2.17. The van der Waals surface area contributed by atoms with E-state index >= 15 is 0 Å². The van der Waals surface area contributed by atoms with Gasteiger partial charge in [-0.25, -0.2) is 0 Å². The molecule has 0 fully saturated rings. The lowest BCUT2D eigenvalue weighted by Crippen LogP contribution is -2.35. The zero-order valence-corrected chi connectivity index (χ0v) is 14.7. The highest BCUT2D eigenvalue weighted by Crippen LogP contribution is 2.22. The van der Waals surface area contributed by atoms with Crippen molar-refractivity contribution in [3.05, 3.63) is 29.3 Å².